The van der Waals surface area contributed by atoms with Crippen LogP contribution in [0.3, 0.4) is 0 Å². The maximum absolute atomic E-state index is 12.7. The van der Waals surface area contributed by atoms with E-state index in [4.69, 9.17) is 4.74 Å². The van der Waals surface area contributed by atoms with Crippen molar-refractivity contribution >= 4 is 23.5 Å². The van der Waals surface area contributed by atoms with Gasteiger partial charge in [-0.15, -0.1) is 0 Å². The van der Waals surface area contributed by atoms with Crippen LogP contribution in [-0.2, 0) is 25.5 Å². The number of nitrogens with zero attached hydrogens (tertiary/aromatic N) is 1. The molecular weight excluding hydrogens is 356 g/mol. The lowest BCUT2D eigenvalue weighted by atomic mass is 10.0. The molecule has 2 aromatic carbocycles. The summed E-state index contributed by atoms with van der Waals surface area (Å²) in [5.41, 5.74) is 2.80. The van der Waals surface area contributed by atoms with Gasteiger partial charge in [-0.05, 0) is 24.6 Å². The summed E-state index contributed by atoms with van der Waals surface area (Å²) in [5.74, 6) is -1.41. The summed E-state index contributed by atoms with van der Waals surface area (Å²) in [6.45, 7) is 2.28. The predicted octanol–water partition coefficient (Wildman–Crippen LogP) is 2.25. The number of amides is 2. The molecule has 1 heterocycles. The monoisotopic (exact) mass is 380 g/mol. The van der Waals surface area contributed by atoms with Gasteiger partial charge in [0.1, 0.15) is 6.04 Å². The smallest absolute Gasteiger partial charge is 0.328 e. The molecule has 2 aromatic rings. The van der Waals surface area contributed by atoms with Gasteiger partial charge < -0.3 is 15.0 Å². The minimum absolute atomic E-state index is 0.0957. The van der Waals surface area contributed by atoms with Gasteiger partial charge in [0.15, 0.2) is 0 Å². The zero-order chi connectivity index (χ0) is 20.1. The van der Waals surface area contributed by atoms with Gasteiger partial charge in [-0.25, -0.2) is 4.79 Å². The van der Waals surface area contributed by atoms with Crippen LogP contribution in [0.4, 0.5) is 5.69 Å². The summed E-state index contributed by atoms with van der Waals surface area (Å²) in [6, 6.07) is 16.2. The van der Waals surface area contributed by atoms with E-state index in [9.17, 15) is 14.4 Å². The lowest BCUT2D eigenvalue weighted by molar-refractivity contribution is -0.145. The van der Waals surface area contributed by atoms with E-state index in [2.05, 4.69) is 5.32 Å². The van der Waals surface area contributed by atoms with E-state index in [0.29, 0.717) is 13.0 Å². The SMILES string of the molecule is COC(=O)[C@@H](Cc1ccccc1)NC(=O)[C@H]1CC(=O)N(c2ccc(C)cc2)C1. The molecule has 28 heavy (non-hydrogen) atoms. The maximum Gasteiger partial charge on any atom is 0.328 e. The molecule has 0 aromatic heterocycles. The molecule has 1 aliphatic rings. The normalized spacial score (nSPS) is 17.3. The number of carbonyl (C=O) groups is 3. The Morgan fingerprint density at radius 1 is 1.14 bits per heavy atom. The third-order valence-electron chi connectivity index (χ3n) is 4.93. The Labute approximate surface area is 164 Å². The fourth-order valence-corrected chi connectivity index (χ4v) is 3.33. The molecule has 1 N–H and O–H groups in total. The van der Waals surface area contributed by atoms with Crippen LogP contribution >= 0.6 is 0 Å². The van der Waals surface area contributed by atoms with Crippen molar-refractivity contribution < 1.29 is 19.1 Å². The molecule has 2 amide bonds. The second kappa shape index (κ2) is 8.69. The molecule has 6 heteroatoms. The highest BCUT2D eigenvalue weighted by Gasteiger charge is 2.36. The largest absolute Gasteiger partial charge is 0.467 e. The van der Waals surface area contributed by atoms with Crippen LogP contribution in [0.5, 0.6) is 0 Å². The Balaban J connectivity index is 1.67. The van der Waals surface area contributed by atoms with Gasteiger partial charge in [0.05, 0.1) is 13.0 Å². The molecule has 0 spiro atoms. The lowest BCUT2D eigenvalue weighted by Crippen LogP contribution is -2.46. The summed E-state index contributed by atoms with van der Waals surface area (Å²) in [6.07, 6.45) is 0.459. The van der Waals surface area contributed by atoms with E-state index in [-0.39, 0.29) is 18.2 Å². The highest BCUT2D eigenvalue weighted by Crippen LogP contribution is 2.25. The molecule has 0 bridgehead atoms. The first-order valence-corrected chi connectivity index (χ1v) is 9.27. The van der Waals surface area contributed by atoms with Crippen molar-refractivity contribution in [2.75, 3.05) is 18.6 Å². The number of hydrogen-bond acceptors (Lipinski definition) is 4. The molecule has 1 aliphatic heterocycles. The van der Waals surface area contributed by atoms with Gasteiger partial charge in [-0.3, -0.25) is 9.59 Å². The molecule has 2 atom stereocenters. The van der Waals surface area contributed by atoms with E-state index < -0.39 is 17.9 Å². The van der Waals surface area contributed by atoms with Crippen LogP contribution in [0.15, 0.2) is 54.6 Å². The molecule has 0 aliphatic carbocycles. The van der Waals surface area contributed by atoms with Gasteiger partial charge in [0.25, 0.3) is 0 Å². The molecule has 6 nitrogen and oxygen atoms in total. The first kappa shape index (κ1) is 19.6. The summed E-state index contributed by atoms with van der Waals surface area (Å²) in [5, 5.41) is 2.77. The van der Waals surface area contributed by atoms with Crippen molar-refractivity contribution in [3.05, 3.63) is 65.7 Å². The third-order valence-corrected chi connectivity index (χ3v) is 4.93. The zero-order valence-corrected chi connectivity index (χ0v) is 16.1. The van der Waals surface area contributed by atoms with Crippen LogP contribution in [0.1, 0.15) is 17.5 Å². The summed E-state index contributed by atoms with van der Waals surface area (Å²) >= 11 is 0. The molecule has 0 unspecified atom stereocenters. The molecule has 1 saturated heterocycles. The summed E-state index contributed by atoms with van der Waals surface area (Å²) < 4.78 is 4.84. The second-order valence-corrected chi connectivity index (χ2v) is 7.01. The van der Waals surface area contributed by atoms with E-state index >= 15 is 0 Å². The van der Waals surface area contributed by atoms with Crippen molar-refractivity contribution in [2.24, 2.45) is 5.92 Å². The number of anilines is 1. The highest BCUT2D eigenvalue weighted by molar-refractivity contribution is 6.00. The number of methoxy groups -OCH3 is 1. The molecular formula is C22H24N2O4. The first-order chi connectivity index (χ1) is 13.5. The van der Waals surface area contributed by atoms with Gasteiger partial charge in [0, 0.05) is 25.1 Å². The number of aryl methyl sites for hydroxylation is 1. The fourth-order valence-electron chi connectivity index (χ4n) is 3.33. The molecule has 0 saturated carbocycles. The van der Waals surface area contributed by atoms with Gasteiger partial charge in [-0.2, -0.15) is 0 Å². The van der Waals surface area contributed by atoms with Crippen LogP contribution in [0, 0.1) is 12.8 Å². The number of benzene rings is 2. The first-order valence-electron chi connectivity index (χ1n) is 9.27. The standard InChI is InChI=1S/C22H24N2O4/c1-15-8-10-18(11-9-15)24-14-17(13-20(24)25)21(26)23-19(22(27)28-2)12-16-6-4-3-5-7-16/h3-11,17,19H,12-14H2,1-2H3,(H,23,26)/t17-,19+/m0/s1. The number of carbonyl (C=O) groups excluding carboxylic acids is 3. The number of nitrogens with one attached hydrogen (secondary N) is 1. The second-order valence-electron chi connectivity index (χ2n) is 7.01. The summed E-state index contributed by atoms with van der Waals surface area (Å²) in [7, 11) is 1.30. The molecule has 0 radical (unpaired) electrons. The lowest BCUT2D eigenvalue weighted by Gasteiger charge is -2.20. The summed E-state index contributed by atoms with van der Waals surface area (Å²) in [4.78, 5) is 38.9. The number of rotatable bonds is 6. The molecule has 3 rings (SSSR count). The van der Waals surface area contributed by atoms with Gasteiger partial charge in [0.2, 0.25) is 11.8 Å². The van der Waals surface area contributed by atoms with E-state index in [1.54, 1.807) is 4.90 Å². The Hall–Kier alpha value is -3.15. The highest BCUT2D eigenvalue weighted by atomic mass is 16.5. The van der Waals surface area contributed by atoms with Crippen LogP contribution < -0.4 is 10.2 Å². The van der Waals surface area contributed by atoms with Crippen molar-refractivity contribution in [3.63, 3.8) is 0 Å². The minimum Gasteiger partial charge on any atom is -0.467 e. The Kier molecular flexibility index (Phi) is 6.09. The van der Waals surface area contributed by atoms with Crippen LogP contribution in [0.25, 0.3) is 0 Å². The van der Waals surface area contributed by atoms with Crippen molar-refractivity contribution in [3.8, 4) is 0 Å². The minimum atomic E-state index is -0.788. The van der Waals surface area contributed by atoms with E-state index in [1.807, 2.05) is 61.5 Å². The van der Waals surface area contributed by atoms with Crippen LogP contribution in [-0.4, -0.2) is 37.5 Å². The van der Waals surface area contributed by atoms with Crippen molar-refractivity contribution in [1.29, 1.82) is 0 Å². The Morgan fingerprint density at radius 3 is 2.46 bits per heavy atom. The third kappa shape index (κ3) is 4.57. The number of hydrogen-bond donors (Lipinski definition) is 1. The van der Waals surface area contributed by atoms with Crippen molar-refractivity contribution in [2.45, 2.75) is 25.8 Å². The predicted molar refractivity (Wildman–Crippen MR) is 106 cm³/mol. The van der Waals surface area contributed by atoms with E-state index in [0.717, 1.165) is 16.8 Å². The number of ether oxygens (including phenoxy) is 1. The maximum atomic E-state index is 12.7. The van der Waals surface area contributed by atoms with Gasteiger partial charge >= 0.3 is 5.97 Å². The average molecular weight is 380 g/mol. The van der Waals surface area contributed by atoms with E-state index in [1.165, 1.54) is 7.11 Å². The van der Waals surface area contributed by atoms with Crippen molar-refractivity contribution in [1.82, 2.24) is 5.32 Å². The van der Waals surface area contributed by atoms with Gasteiger partial charge in [-0.1, -0.05) is 48.0 Å². The Bertz CT molecular complexity index is 849. The number of esters is 1. The molecule has 1 fully saturated rings. The quantitative estimate of drug-likeness (QED) is 0.780. The average Bonchev–Trinajstić information content (AvgIpc) is 3.10. The molecule has 146 valence electrons. The topological polar surface area (TPSA) is 75.7 Å². The van der Waals surface area contributed by atoms with Crippen LogP contribution in [0.2, 0.25) is 0 Å². The Morgan fingerprint density at radius 2 is 1.82 bits per heavy atom. The zero-order valence-electron chi connectivity index (χ0n) is 16.1. The fraction of sp³-hybridized carbons (Fsp3) is 0.318.